The van der Waals surface area contributed by atoms with Gasteiger partial charge in [0.05, 0.1) is 0 Å². The molecule has 0 saturated carbocycles. The van der Waals surface area contributed by atoms with Crippen molar-refractivity contribution in [3.05, 3.63) is 215 Å². The van der Waals surface area contributed by atoms with Crippen LogP contribution in [0, 0.1) is 0 Å². The normalized spacial score (nSPS) is 15.3. The minimum absolute atomic E-state index is 0.0544. The number of piperidine rings is 2. The van der Waals surface area contributed by atoms with Gasteiger partial charge in [0.2, 0.25) is 0 Å². The SMILES string of the molecule is CC.CC.CC(CCN1CCC(c2ccccc2)CC1)(c1ccccc1)c1ccccc1.CC(CCN1CCC(c2ccccc2)CC1)(c1ccccc1)c1ccccc1. The van der Waals surface area contributed by atoms with Gasteiger partial charge in [0.15, 0.2) is 0 Å². The van der Waals surface area contributed by atoms with Gasteiger partial charge in [0, 0.05) is 10.8 Å². The van der Waals surface area contributed by atoms with Gasteiger partial charge in [-0.1, -0.05) is 224 Å². The van der Waals surface area contributed by atoms with Gasteiger partial charge >= 0.3 is 0 Å². The number of rotatable bonds is 12. The maximum Gasteiger partial charge on any atom is 0.0186 e. The fraction of sp³-hybridized carbons (Fsp3) is 0.379. The molecule has 2 aliphatic heterocycles. The first kappa shape index (κ1) is 46.3. The average Bonchev–Trinajstić information content (AvgIpc) is 3.36. The molecule has 2 heteroatoms. The highest BCUT2D eigenvalue weighted by atomic mass is 15.1. The molecule has 0 atom stereocenters. The van der Waals surface area contributed by atoms with E-state index in [4.69, 9.17) is 0 Å². The van der Waals surface area contributed by atoms with Gasteiger partial charge in [0.25, 0.3) is 0 Å². The minimum Gasteiger partial charge on any atom is -0.303 e. The Balaban J connectivity index is 0.000000210. The van der Waals surface area contributed by atoms with E-state index >= 15 is 0 Å². The maximum atomic E-state index is 2.67. The van der Waals surface area contributed by atoms with E-state index in [9.17, 15) is 0 Å². The predicted octanol–water partition coefficient (Wildman–Crippen LogP) is 14.6. The molecule has 0 amide bonds. The van der Waals surface area contributed by atoms with Crippen molar-refractivity contribution in [3.63, 3.8) is 0 Å². The zero-order chi connectivity index (χ0) is 42.5. The lowest BCUT2D eigenvalue weighted by molar-refractivity contribution is 0.199. The lowest BCUT2D eigenvalue weighted by Crippen LogP contribution is -2.37. The molecule has 0 unspecified atom stereocenters. The minimum atomic E-state index is 0.0544. The third kappa shape index (κ3) is 12.6. The molecule has 0 N–H and O–H groups in total. The summed E-state index contributed by atoms with van der Waals surface area (Å²) in [4.78, 5) is 5.34. The molecular formula is C58H74N2. The highest BCUT2D eigenvalue weighted by Crippen LogP contribution is 2.38. The molecule has 0 aromatic heterocycles. The van der Waals surface area contributed by atoms with Crippen molar-refractivity contribution in [2.75, 3.05) is 39.3 Å². The Labute approximate surface area is 365 Å². The summed E-state index contributed by atoms with van der Waals surface area (Å²) in [7, 11) is 0. The molecule has 0 spiro atoms. The average molecular weight is 799 g/mol. The number of hydrogen-bond donors (Lipinski definition) is 0. The first-order chi connectivity index (χ1) is 29.5. The summed E-state index contributed by atoms with van der Waals surface area (Å²) in [6, 6.07) is 66.2. The fourth-order valence-corrected chi connectivity index (χ4v) is 9.33. The van der Waals surface area contributed by atoms with Gasteiger partial charge in [-0.25, -0.2) is 0 Å². The molecule has 0 bridgehead atoms. The molecule has 0 radical (unpaired) electrons. The first-order valence-corrected chi connectivity index (χ1v) is 23.3. The van der Waals surface area contributed by atoms with Gasteiger partial charge in [-0.05, 0) is 123 Å². The maximum absolute atomic E-state index is 2.67. The molecule has 2 nitrogen and oxygen atoms in total. The smallest absolute Gasteiger partial charge is 0.0186 e. The first-order valence-electron chi connectivity index (χ1n) is 23.3. The summed E-state index contributed by atoms with van der Waals surface area (Å²) in [6.07, 6.45) is 7.40. The van der Waals surface area contributed by atoms with Crippen LogP contribution in [0.1, 0.15) is 125 Å². The second-order valence-corrected chi connectivity index (χ2v) is 16.7. The monoisotopic (exact) mass is 799 g/mol. The second-order valence-electron chi connectivity index (χ2n) is 16.7. The van der Waals surface area contributed by atoms with E-state index in [1.54, 1.807) is 0 Å². The van der Waals surface area contributed by atoms with Gasteiger partial charge in [-0.3, -0.25) is 0 Å². The van der Waals surface area contributed by atoms with E-state index < -0.39 is 0 Å². The largest absolute Gasteiger partial charge is 0.303 e. The fourth-order valence-electron chi connectivity index (χ4n) is 9.33. The third-order valence-electron chi connectivity index (χ3n) is 13.2. The summed E-state index contributed by atoms with van der Waals surface area (Å²) in [6.45, 7) is 20.0. The lowest BCUT2D eigenvalue weighted by Gasteiger charge is -2.37. The van der Waals surface area contributed by atoms with Crippen LogP contribution in [0.2, 0.25) is 0 Å². The Morgan fingerprint density at radius 3 is 0.800 bits per heavy atom. The van der Waals surface area contributed by atoms with Crippen molar-refractivity contribution in [3.8, 4) is 0 Å². The van der Waals surface area contributed by atoms with Gasteiger partial charge in [-0.15, -0.1) is 0 Å². The lowest BCUT2D eigenvalue weighted by atomic mass is 9.73. The number of hydrogen-bond acceptors (Lipinski definition) is 2. The molecule has 0 aliphatic carbocycles. The molecule has 2 aliphatic rings. The van der Waals surface area contributed by atoms with Crippen LogP contribution in [-0.4, -0.2) is 49.1 Å². The topological polar surface area (TPSA) is 6.48 Å². The zero-order valence-corrected chi connectivity index (χ0v) is 37.9. The summed E-state index contributed by atoms with van der Waals surface area (Å²) >= 11 is 0. The van der Waals surface area contributed by atoms with Crippen molar-refractivity contribution in [1.29, 1.82) is 0 Å². The van der Waals surface area contributed by atoms with Crippen molar-refractivity contribution < 1.29 is 0 Å². The van der Waals surface area contributed by atoms with Gasteiger partial charge < -0.3 is 9.80 Å². The molecule has 60 heavy (non-hydrogen) atoms. The Bertz CT molecular complexity index is 1740. The van der Waals surface area contributed by atoms with Gasteiger partial charge in [0.1, 0.15) is 0 Å². The highest BCUT2D eigenvalue weighted by Gasteiger charge is 2.32. The van der Waals surface area contributed by atoms with Gasteiger partial charge in [-0.2, -0.15) is 0 Å². The molecule has 8 rings (SSSR count). The third-order valence-corrected chi connectivity index (χ3v) is 13.2. The van der Waals surface area contributed by atoms with Crippen molar-refractivity contribution in [2.24, 2.45) is 0 Å². The molecule has 316 valence electrons. The van der Waals surface area contributed by atoms with E-state index in [1.807, 2.05) is 27.7 Å². The molecule has 6 aromatic carbocycles. The Morgan fingerprint density at radius 2 is 0.567 bits per heavy atom. The van der Waals surface area contributed by atoms with Crippen molar-refractivity contribution in [2.45, 2.75) is 103 Å². The summed E-state index contributed by atoms with van der Waals surface area (Å²) in [5.74, 6) is 1.46. The van der Waals surface area contributed by atoms with Crippen LogP contribution in [0.15, 0.2) is 182 Å². The molecule has 2 saturated heterocycles. The predicted molar refractivity (Wildman–Crippen MR) is 260 cm³/mol. The highest BCUT2D eigenvalue weighted by molar-refractivity contribution is 5.39. The Hall–Kier alpha value is -4.76. The second kappa shape index (κ2) is 24.5. The van der Waals surface area contributed by atoms with E-state index in [0.717, 1.165) is 37.8 Å². The number of likely N-dealkylation sites (tertiary alicyclic amines) is 2. The molecule has 6 aromatic rings. The zero-order valence-electron chi connectivity index (χ0n) is 37.9. The molecule has 2 heterocycles. The van der Waals surface area contributed by atoms with E-state index in [1.165, 1.54) is 85.2 Å². The quantitative estimate of drug-likeness (QED) is 0.122. The molecular weight excluding hydrogens is 725 g/mol. The summed E-state index contributed by atoms with van der Waals surface area (Å²) in [5.41, 5.74) is 8.81. The van der Waals surface area contributed by atoms with Crippen LogP contribution in [0.25, 0.3) is 0 Å². The van der Waals surface area contributed by atoms with Crippen LogP contribution in [0.5, 0.6) is 0 Å². The van der Waals surface area contributed by atoms with E-state index in [2.05, 4.69) is 206 Å². The van der Waals surface area contributed by atoms with Crippen molar-refractivity contribution >= 4 is 0 Å². The van der Waals surface area contributed by atoms with Crippen molar-refractivity contribution in [1.82, 2.24) is 9.80 Å². The Kier molecular flexibility index (Phi) is 18.9. The summed E-state index contributed by atoms with van der Waals surface area (Å²) in [5, 5.41) is 0. The molecule has 2 fully saturated rings. The summed E-state index contributed by atoms with van der Waals surface area (Å²) < 4.78 is 0. The van der Waals surface area contributed by atoms with Crippen LogP contribution in [-0.2, 0) is 10.8 Å². The van der Waals surface area contributed by atoms with Crippen LogP contribution >= 0.6 is 0 Å². The number of nitrogens with zero attached hydrogens (tertiary/aromatic N) is 2. The van der Waals surface area contributed by atoms with Crippen LogP contribution in [0.4, 0.5) is 0 Å². The van der Waals surface area contributed by atoms with E-state index in [0.29, 0.717) is 0 Å². The van der Waals surface area contributed by atoms with E-state index in [-0.39, 0.29) is 10.8 Å². The van der Waals surface area contributed by atoms with Crippen LogP contribution in [0.3, 0.4) is 0 Å². The standard InChI is InChI=1S/2C27H31N.2C2H6/c2*1-27(25-13-7-3-8-14-25,26-15-9-4-10-16-26)19-22-28-20-17-24(18-21-28)23-11-5-2-6-12-23;2*1-2/h2*2-16,24H,17-22H2,1H3;2*1-2H3. The Morgan fingerprint density at radius 1 is 0.350 bits per heavy atom. The van der Waals surface area contributed by atoms with Crippen LogP contribution < -0.4 is 0 Å². The number of benzene rings is 6.